The fraction of sp³-hybridized carbons (Fsp3) is 0.0526. The van der Waals surface area contributed by atoms with Crippen LogP contribution in [0.1, 0.15) is 10.4 Å². The summed E-state index contributed by atoms with van der Waals surface area (Å²) in [5.41, 5.74) is 0.571. The molecule has 126 valence electrons. The molecule has 4 nitrogen and oxygen atoms in total. The number of anilines is 1. The third-order valence-corrected chi connectivity index (χ3v) is 3.65. The topological polar surface area (TPSA) is 58.2 Å². The predicted octanol–water partition coefficient (Wildman–Crippen LogP) is 3.49. The van der Waals surface area contributed by atoms with Crippen LogP contribution in [0.5, 0.6) is 0 Å². The summed E-state index contributed by atoms with van der Waals surface area (Å²) in [7, 11) is 0. The number of rotatable bonds is 4. The Morgan fingerprint density at radius 2 is 1.64 bits per heavy atom. The number of amides is 2. The summed E-state index contributed by atoms with van der Waals surface area (Å²) in [5, 5.41) is 6.61. The molecule has 0 unspecified atom stereocenters. The maximum absolute atomic E-state index is 13.1. The molecule has 0 heterocycles. The van der Waals surface area contributed by atoms with Crippen LogP contribution < -0.4 is 10.6 Å². The number of hydrogen-bond acceptors (Lipinski definition) is 2. The van der Waals surface area contributed by atoms with E-state index in [0.717, 1.165) is 22.9 Å². The molecule has 3 aromatic carbocycles. The number of carbonyl (C=O) groups is 2. The van der Waals surface area contributed by atoms with Crippen LogP contribution in [0.4, 0.5) is 14.5 Å². The van der Waals surface area contributed by atoms with E-state index in [4.69, 9.17) is 0 Å². The summed E-state index contributed by atoms with van der Waals surface area (Å²) in [6, 6.07) is 15.8. The Bertz CT molecular complexity index is 952. The van der Waals surface area contributed by atoms with Crippen LogP contribution in [0.25, 0.3) is 10.8 Å². The standard InChI is InChI=1S/C19H14F2N2O2/c20-16-9-8-13(10-17(16)21)23-18(24)11-22-19(25)15-7-3-5-12-4-1-2-6-14(12)15/h1-10H,11H2,(H,22,25)(H,23,24). The van der Waals surface area contributed by atoms with Gasteiger partial charge in [0.05, 0.1) is 6.54 Å². The zero-order chi connectivity index (χ0) is 17.8. The van der Waals surface area contributed by atoms with Gasteiger partial charge >= 0.3 is 0 Å². The number of benzene rings is 3. The third-order valence-electron chi connectivity index (χ3n) is 3.65. The molecule has 3 aromatic rings. The lowest BCUT2D eigenvalue weighted by Crippen LogP contribution is -2.33. The van der Waals surface area contributed by atoms with E-state index < -0.39 is 23.4 Å². The van der Waals surface area contributed by atoms with Crippen LogP contribution in [0.3, 0.4) is 0 Å². The summed E-state index contributed by atoms with van der Waals surface area (Å²) < 4.78 is 26.0. The van der Waals surface area contributed by atoms with Gasteiger partial charge in [-0.25, -0.2) is 8.78 Å². The Kier molecular flexibility index (Phi) is 4.70. The van der Waals surface area contributed by atoms with E-state index in [1.807, 2.05) is 30.3 Å². The number of halogens is 2. The van der Waals surface area contributed by atoms with Crippen molar-refractivity contribution in [2.75, 3.05) is 11.9 Å². The van der Waals surface area contributed by atoms with Gasteiger partial charge in [0, 0.05) is 17.3 Å². The van der Waals surface area contributed by atoms with Crippen LogP contribution >= 0.6 is 0 Å². The highest BCUT2D eigenvalue weighted by Crippen LogP contribution is 2.18. The van der Waals surface area contributed by atoms with Gasteiger partial charge in [-0.05, 0) is 29.0 Å². The number of nitrogens with one attached hydrogen (secondary N) is 2. The molecule has 0 aliphatic rings. The molecule has 0 saturated heterocycles. The zero-order valence-corrected chi connectivity index (χ0v) is 13.1. The number of hydrogen-bond donors (Lipinski definition) is 2. The molecule has 25 heavy (non-hydrogen) atoms. The Morgan fingerprint density at radius 3 is 2.44 bits per heavy atom. The van der Waals surface area contributed by atoms with Gasteiger partial charge < -0.3 is 10.6 Å². The van der Waals surface area contributed by atoms with Gasteiger partial charge in [-0.15, -0.1) is 0 Å². The van der Waals surface area contributed by atoms with Gasteiger partial charge in [-0.1, -0.05) is 36.4 Å². The van der Waals surface area contributed by atoms with E-state index in [-0.39, 0.29) is 12.2 Å². The zero-order valence-electron chi connectivity index (χ0n) is 13.1. The summed E-state index contributed by atoms with van der Waals surface area (Å²) in [4.78, 5) is 24.2. The second-order valence-corrected chi connectivity index (χ2v) is 5.39. The first-order valence-corrected chi connectivity index (χ1v) is 7.55. The van der Waals surface area contributed by atoms with E-state index in [2.05, 4.69) is 10.6 Å². The summed E-state index contributed by atoms with van der Waals surface area (Å²) in [6.07, 6.45) is 0. The van der Waals surface area contributed by atoms with Crippen LogP contribution in [0, 0.1) is 11.6 Å². The molecule has 0 aliphatic heterocycles. The van der Waals surface area contributed by atoms with Gasteiger partial charge in [-0.2, -0.15) is 0 Å². The average molecular weight is 340 g/mol. The molecule has 0 aliphatic carbocycles. The van der Waals surface area contributed by atoms with Crippen molar-refractivity contribution in [2.24, 2.45) is 0 Å². The molecule has 0 radical (unpaired) electrons. The van der Waals surface area contributed by atoms with E-state index in [1.165, 1.54) is 6.07 Å². The molecule has 0 saturated carbocycles. The maximum atomic E-state index is 13.1. The molecule has 0 aromatic heterocycles. The van der Waals surface area contributed by atoms with Crippen molar-refractivity contribution < 1.29 is 18.4 Å². The first-order valence-electron chi connectivity index (χ1n) is 7.55. The van der Waals surface area contributed by atoms with E-state index in [9.17, 15) is 18.4 Å². The lowest BCUT2D eigenvalue weighted by Gasteiger charge is -2.09. The Labute approximate surface area is 142 Å². The van der Waals surface area contributed by atoms with Crippen LogP contribution in [0.2, 0.25) is 0 Å². The van der Waals surface area contributed by atoms with Crippen LogP contribution in [-0.4, -0.2) is 18.4 Å². The molecule has 2 amide bonds. The minimum atomic E-state index is -1.06. The third kappa shape index (κ3) is 3.80. The minimum absolute atomic E-state index is 0.114. The van der Waals surface area contributed by atoms with Crippen molar-refractivity contribution in [3.05, 3.63) is 77.9 Å². The molecule has 3 rings (SSSR count). The lowest BCUT2D eigenvalue weighted by molar-refractivity contribution is -0.115. The molecular weight excluding hydrogens is 326 g/mol. The van der Waals surface area contributed by atoms with Crippen molar-refractivity contribution in [2.45, 2.75) is 0 Å². The average Bonchev–Trinajstić information content (AvgIpc) is 2.62. The number of carbonyl (C=O) groups excluding carboxylic acids is 2. The second kappa shape index (κ2) is 7.09. The van der Waals surface area contributed by atoms with Gasteiger partial charge in [0.25, 0.3) is 5.91 Å². The van der Waals surface area contributed by atoms with Crippen LogP contribution in [0.15, 0.2) is 60.7 Å². The second-order valence-electron chi connectivity index (χ2n) is 5.39. The molecule has 0 fully saturated rings. The van der Waals surface area contributed by atoms with Crippen molar-refractivity contribution in [1.29, 1.82) is 0 Å². The lowest BCUT2D eigenvalue weighted by atomic mass is 10.0. The molecule has 2 N–H and O–H groups in total. The Morgan fingerprint density at radius 1 is 0.880 bits per heavy atom. The van der Waals surface area contributed by atoms with Gasteiger partial charge in [0.1, 0.15) is 0 Å². The highest BCUT2D eigenvalue weighted by atomic mass is 19.2. The Hall–Kier alpha value is -3.28. The highest BCUT2D eigenvalue weighted by Gasteiger charge is 2.12. The molecular formula is C19H14F2N2O2. The minimum Gasteiger partial charge on any atom is -0.343 e. The van der Waals surface area contributed by atoms with Crippen LogP contribution in [-0.2, 0) is 4.79 Å². The molecule has 0 bridgehead atoms. The largest absolute Gasteiger partial charge is 0.343 e. The van der Waals surface area contributed by atoms with Crippen molar-refractivity contribution in [3.8, 4) is 0 Å². The fourth-order valence-corrected chi connectivity index (χ4v) is 2.46. The summed E-state index contributed by atoms with van der Waals surface area (Å²) in [5.74, 6) is -2.99. The highest BCUT2D eigenvalue weighted by molar-refractivity contribution is 6.08. The van der Waals surface area contributed by atoms with E-state index >= 15 is 0 Å². The number of fused-ring (bicyclic) bond motifs is 1. The molecule has 6 heteroatoms. The summed E-state index contributed by atoms with van der Waals surface area (Å²) in [6.45, 7) is -0.291. The van der Waals surface area contributed by atoms with Gasteiger partial charge in [0.2, 0.25) is 5.91 Å². The normalized spacial score (nSPS) is 10.5. The maximum Gasteiger partial charge on any atom is 0.252 e. The SMILES string of the molecule is O=C(CNC(=O)c1cccc2ccccc12)Nc1ccc(F)c(F)c1. The van der Waals surface area contributed by atoms with Crippen molar-refractivity contribution in [3.63, 3.8) is 0 Å². The smallest absolute Gasteiger partial charge is 0.252 e. The van der Waals surface area contributed by atoms with Gasteiger partial charge in [-0.3, -0.25) is 9.59 Å². The van der Waals surface area contributed by atoms with E-state index in [0.29, 0.717) is 5.56 Å². The monoisotopic (exact) mass is 340 g/mol. The predicted molar refractivity (Wildman–Crippen MR) is 91.3 cm³/mol. The first-order chi connectivity index (χ1) is 12.0. The van der Waals surface area contributed by atoms with E-state index in [1.54, 1.807) is 12.1 Å². The van der Waals surface area contributed by atoms with Gasteiger partial charge in [0.15, 0.2) is 11.6 Å². The van der Waals surface area contributed by atoms with Crippen molar-refractivity contribution >= 4 is 28.3 Å². The molecule has 0 spiro atoms. The van der Waals surface area contributed by atoms with Crippen molar-refractivity contribution in [1.82, 2.24) is 5.32 Å². The fourth-order valence-electron chi connectivity index (χ4n) is 2.46. The summed E-state index contributed by atoms with van der Waals surface area (Å²) >= 11 is 0. The quantitative estimate of drug-likeness (QED) is 0.764. The Balaban J connectivity index is 1.65. The molecule has 0 atom stereocenters. The first kappa shape index (κ1) is 16.6.